The Morgan fingerprint density at radius 3 is 2.81 bits per heavy atom. The van der Waals surface area contributed by atoms with Crippen molar-refractivity contribution in [1.29, 1.82) is 0 Å². The first-order valence-electron chi connectivity index (χ1n) is 7.31. The minimum atomic E-state index is 0.0781. The summed E-state index contributed by atoms with van der Waals surface area (Å²) in [6.07, 6.45) is 1.95. The Kier molecular flexibility index (Phi) is 4.32. The molecule has 1 atom stereocenters. The summed E-state index contributed by atoms with van der Waals surface area (Å²) >= 11 is 7.74. The van der Waals surface area contributed by atoms with Gasteiger partial charge in [0.05, 0.1) is 5.56 Å². The molecule has 2 heterocycles. The van der Waals surface area contributed by atoms with Gasteiger partial charge in [-0.2, -0.15) is 0 Å². The van der Waals surface area contributed by atoms with E-state index in [9.17, 15) is 4.79 Å². The van der Waals surface area contributed by atoms with Crippen molar-refractivity contribution in [3.63, 3.8) is 0 Å². The highest BCUT2D eigenvalue weighted by Crippen LogP contribution is 2.32. The van der Waals surface area contributed by atoms with E-state index >= 15 is 0 Å². The lowest BCUT2D eigenvalue weighted by Gasteiger charge is -2.16. The van der Waals surface area contributed by atoms with E-state index in [-0.39, 0.29) is 5.91 Å². The number of aryl methyl sites for hydroxylation is 1. The molecule has 0 N–H and O–H groups in total. The average Bonchev–Trinajstić information content (AvgIpc) is 3.14. The van der Waals surface area contributed by atoms with Crippen molar-refractivity contribution in [1.82, 2.24) is 4.90 Å². The van der Waals surface area contributed by atoms with E-state index < -0.39 is 0 Å². The minimum absolute atomic E-state index is 0.0781. The van der Waals surface area contributed by atoms with Gasteiger partial charge in [-0.25, -0.2) is 0 Å². The second-order valence-corrected chi connectivity index (χ2v) is 7.14. The lowest BCUT2D eigenvalue weighted by molar-refractivity contribution is 0.0791. The number of nitrogens with zero attached hydrogens (tertiary/aromatic N) is 1. The Labute approximate surface area is 134 Å². The first kappa shape index (κ1) is 14.6. The summed E-state index contributed by atoms with van der Waals surface area (Å²) < 4.78 is 0.625. The fourth-order valence-corrected chi connectivity index (χ4v) is 4.09. The Morgan fingerprint density at radius 2 is 2.14 bits per heavy atom. The third-order valence-electron chi connectivity index (χ3n) is 4.06. The van der Waals surface area contributed by atoms with Crippen LogP contribution in [0.2, 0.25) is 4.34 Å². The lowest BCUT2D eigenvalue weighted by Crippen LogP contribution is -2.28. The molecule has 1 fully saturated rings. The van der Waals surface area contributed by atoms with Gasteiger partial charge in [0.15, 0.2) is 0 Å². The van der Waals surface area contributed by atoms with Crippen molar-refractivity contribution in [3.8, 4) is 0 Å². The van der Waals surface area contributed by atoms with E-state index in [1.165, 1.54) is 21.8 Å². The zero-order valence-electron chi connectivity index (χ0n) is 12.0. The van der Waals surface area contributed by atoms with Crippen LogP contribution in [-0.4, -0.2) is 23.9 Å². The van der Waals surface area contributed by atoms with Gasteiger partial charge in [-0.15, -0.1) is 11.3 Å². The van der Waals surface area contributed by atoms with Crippen LogP contribution in [0.1, 0.15) is 40.1 Å². The summed E-state index contributed by atoms with van der Waals surface area (Å²) in [7, 11) is 0. The van der Waals surface area contributed by atoms with Crippen LogP contribution in [0.25, 0.3) is 0 Å². The van der Waals surface area contributed by atoms with Crippen LogP contribution in [0.5, 0.6) is 0 Å². The van der Waals surface area contributed by atoms with Crippen molar-refractivity contribution in [2.24, 2.45) is 0 Å². The highest BCUT2D eigenvalue weighted by molar-refractivity contribution is 7.16. The van der Waals surface area contributed by atoms with Crippen LogP contribution >= 0.6 is 22.9 Å². The molecule has 1 aromatic carbocycles. The SMILES string of the molecule is CCc1cc(C(=O)N2CCC(c3ccccc3)C2)c(Cl)s1. The molecule has 110 valence electrons. The first-order chi connectivity index (χ1) is 10.2. The van der Waals surface area contributed by atoms with Crippen molar-refractivity contribution in [3.05, 3.63) is 56.7 Å². The predicted octanol–water partition coefficient (Wildman–Crippen LogP) is 4.59. The molecule has 0 bridgehead atoms. The molecule has 0 radical (unpaired) electrons. The van der Waals surface area contributed by atoms with Gasteiger partial charge in [-0.05, 0) is 24.5 Å². The molecule has 1 amide bonds. The molecule has 1 aliphatic rings. The Morgan fingerprint density at radius 1 is 1.38 bits per heavy atom. The number of carbonyl (C=O) groups is 1. The van der Waals surface area contributed by atoms with Crippen LogP contribution in [0.4, 0.5) is 0 Å². The Hall–Kier alpha value is -1.32. The smallest absolute Gasteiger partial charge is 0.256 e. The molecule has 1 unspecified atom stereocenters. The molecule has 3 rings (SSSR count). The zero-order valence-corrected chi connectivity index (χ0v) is 13.6. The van der Waals surface area contributed by atoms with Gasteiger partial charge < -0.3 is 4.90 Å². The van der Waals surface area contributed by atoms with E-state index in [0.29, 0.717) is 15.8 Å². The van der Waals surface area contributed by atoms with Gasteiger partial charge >= 0.3 is 0 Å². The van der Waals surface area contributed by atoms with Crippen LogP contribution in [0, 0.1) is 0 Å². The molecule has 2 nitrogen and oxygen atoms in total. The van der Waals surface area contributed by atoms with E-state index in [1.807, 2.05) is 17.0 Å². The Balaban J connectivity index is 1.73. The third-order valence-corrected chi connectivity index (χ3v) is 5.57. The lowest BCUT2D eigenvalue weighted by atomic mass is 9.99. The maximum Gasteiger partial charge on any atom is 0.256 e. The van der Waals surface area contributed by atoms with Crippen molar-refractivity contribution < 1.29 is 4.79 Å². The molecule has 21 heavy (non-hydrogen) atoms. The summed E-state index contributed by atoms with van der Waals surface area (Å²) in [4.78, 5) is 15.7. The summed E-state index contributed by atoms with van der Waals surface area (Å²) in [5.41, 5.74) is 1.99. The van der Waals surface area contributed by atoms with Crippen LogP contribution in [-0.2, 0) is 6.42 Å². The topological polar surface area (TPSA) is 20.3 Å². The number of benzene rings is 1. The molecule has 1 saturated heterocycles. The number of amides is 1. The van der Waals surface area contributed by atoms with Crippen molar-refractivity contribution in [2.75, 3.05) is 13.1 Å². The van der Waals surface area contributed by atoms with Crippen LogP contribution in [0.3, 0.4) is 0 Å². The standard InChI is InChI=1S/C17H18ClNOS/c1-2-14-10-15(16(18)21-14)17(20)19-9-8-13(11-19)12-6-4-3-5-7-12/h3-7,10,13H,2,8-9,11H2,1H3. The molecular weight excluding hydrogens is 302 g/mol. The fraction of sp³-hybridized carbons (Fsp3) is 0.353. The summed E-state index contributed by atoms with van der Waals surface area (Å²) in [5, 5.41) is 0. The molecule has 1 aliphatic heterocycles. The molecule has 1 aromatic heterocycles. The number of hydrogen-bond acceptors (Lipinski definition) is 2. The van der Waals surface area contributed by atoms with Gasteiger partial charge in [-0.3, -0.25) is 4.79 Å². The normalized spacial score (nSPS) is 18.2. The van der Waals surface area contributed by atoms with Crippen molar-refractivity contribution >= 4 is 28.8 Å². The highest BCUT2D eigenvalue weighted by Gasteiger charge is 2.29. The van der Waals surface area contributed by atoms with Gasteiger partial charge in [0.2, 0.25) is 0 Å². The van der Waals surface area contributed by atoms with Gasteiger partial charge in [-0.1, -0.05) is 48.9 Å². The van der Waals surface area contributed by atoms with Gasteiger partial charge in [0.25, 0.3) is 5.91 Å². The molecule has 0 spiro atoms. The molecule has 4 heteroatoms. The maximum absolute atomic E-state index is 12.6. The van der Waals surface area contributed by atoms with Crippen molar-refractivity contribution in [2.45, 2.75) is 25.7 Å². The quantitative estimate of drug-likeness (QED) is 0.810. The highest BCUT2D eigenvalue weighted by atomic mass is 35.5. The monoisotopic (exact) mass is 319 g/mol. The average molecular weight is 320 g/mol. The van der Waals surface area contributed by atoms with Crippen LogP contribution in [0.15, 0.2) is 36.4 Å². The van der Waals surface area contributed by atoms with Gasteiger partial charge in [0, 0.05) is 23.9 Å². The number of thiophene rings is 1. The number of rotatable bonds is 3. The number of halogens is 1. The number of carbonyl (C=O) groups excluding carboxylic acids is 1. The van der Waals surface area contributed by atoms with Crippen LogP contribution < -0.4 is 0 Å². The summed E-state index contributed by atoms with van der Waals surface area (Å²) in [6.45, 7) is 3.68. The molecule has 0 aliphatic carbocycles. The van der Waals surface area contributed by atoms with Gasteiger partial charge in [0.1, 0.15) is 4.34 Å². The van der Waals surface area contributed by atoms with E-state index in [0.717, 1.165) is 25.9 Å². The second kappa shape index (κ2) is 6.20. The largest absolute Gasteiger partial charge is 0.338 e. The first-order valence-corrected chi connectivity index (χ1v) is 8.51. The summed E-state index contributed by atoms with van der Waals surface area (Å²) in [5.74, 6) is 0.521. The molecule has 2 aromatic rings. The van der Waals surface area contributed by atoms with E-state index in [2.05, 4.69) is 31.2 Å². The summed E-state index contributed by atoms with van der Waals surface area (Å²) in [6, 6.07) is 12.4. The predicted molar refractivity (Wildman–Crippen MR) is 88.4 cm³/mol. The fourth-order valence-electron chi connectivity index (χ4n) is 2.85. The Bertz CT molecular complexity index is 637. The third kappa shape index (κ3) is 2.99. The number of hydrogen-bond donors (Lipinski definition) is 0. The van der Waals surface area contributed by atoms with E-state index in [1.54, 1.807) is 0 Å². The maximum atomic E-state index is 12.6. The van der Waals surface area contributed by atoms with E-state index in [4.69, 9.17) is 11.6 Å². The minimum Gasteiger partial charge on any atom is -0.338 e. The molecule has 0 saturated carbocycles. The second-order valence-electron chi connectivity index (χ2n) is 5.40. The zero-order chi connectivity index (χ0) is 14.8. The molecular formula is C17H18ClNOS. The number of likely N-dealkylation sites (tertiary alicyclic amines) is 1.